The maximum Gasteiger partial charge on any atom is 0.124 e. The van der Waals surface area contributed by atoms with Crippen molar-refractivity contribution in [2.75, 3.05) is 20.2 Å². The SMILES string of the molecule is COc1ccccc1[C@]1(O)C[C@H](C)C[C@H]2CN(Cc3ccccc3)C[C@H]21. The van der Waals surface area contributed by atoms with E-state index in [4.69, 9.17) is 4.74 Å². The van der Waals surface area contributed by atoms with Crippen LogP contribution in [0.1, 0.15) is 30.9 Å². The first-order chi connectivity index (χ1) is 12.6. The van der Waals surface area contributed by atoms with Crippen molar-refractivity contribution in [2.24, 2.45) is 17.8 Å². The van der Waals surface area contributed by atoms with Gasteiger partial charge in [-0.25, -0.2) is 0 Å². The molecule has 0 aromatic heterocycles. The number of para-hydroxylation sites is 1. The van der Waals surface area contributed by atoms with Gasteiger partial charge >= 0.3 is 0 Å². The first kappa shape index (κ1) is 17.6. The van der Waals surface area contributed by atoms with Crippen LogP contribution in [-0.4, -0.2) is 30.2 Å². The molecule has 1 N–H and O–H groups in total. The van der Waals surface area contributed by atoms with Crippen molar-refractivity contribution in [1.29, 1.82) is 0 Å². The lowest BCUT2D eigenvalue weighted by molar-refractivity contribution is -0.0822. The summed E-state index contributed by atoms with van der Waals surface area (Å²) in [6, 6.07) is 18.7. The minimum atomic E-state index is -0.805. The van der Waals surface area contributed by atoms with Gasteiger partial charge < -0.3 is 9.84 Å². The third kappa shape index (κ3) is 3.15. The molecular weight excluding hydrogens is 322 g/mol. The normalized spacial score (nSPS) is 31.6. The summed E-state index contributed by atoms with van der Waals surface area (Å²) < 4.78 is 5.60. The van der Waals surface area contributed by atoms with Crippen LogP contribution in [0, 0.1) is 17.8 Å². The zero-order chi connectivity index (χ0) is 18.1. The Balaban J connectivity index is 1.62. The average Bonchev–Trinajstić information content (AvgIpc) is 3.05. The van der Waals surface area contributed by atoms with Crippen molar-refractivity contribution < 1.29 is 9.84 Å². The van der Waals surface area contributed by atoms with E-state index in [1.54, 1.807) is 7.11 Å². The maximum atomic E-state index is 11.9. The molecule has 2 aromatic carbocycles. The van der Waals surface area contributed by atoms with Crippen molar-refractivity contribution in [1.82, 2.24) is 4.90 Å². The lowest BCUT2D eigenvalue weighted by atomic mass is 9.64. The Hall–Kier alpha value is -1.84. The topological polar surface area (TPSA) is 32.7 Å². The highest BCUT2D eigenvalue weighted by molar-refractivity contribution is 5.39. The molecular formula is C23H29NO2. The molecule has 1 aliphatic carbocycles. The van der Waals surface area contributed by atoms with Gasteiger partial charge in [-0.1, -0.05) is 55.5 Å². The highest BCUT2D eigenvalue weighted by atomic mass is 16.5. The van der Waals surface area contributed by atoms with Crippen LogP contribution in [0.4, 0.5) is 0 Å². The third-order valence-corrected chi connectivity index (χ3v) is 6.32. The number of benzene rings is 2. The lowest BCUT2D eigenvalue weighted by Gasteiger charge is -2.44. The van der Waals surface area contributed by atoms with E-state index >= 15 is 0 Å². The molecule has 4 rings (SSSR count). The van der Waals surface area contributed by atoms with E-state index in [-0.39, 0.29) is 5.92 Å². The highest BCUT2D eigenvalue weighted by Crippen LogP contribution is 2.52. The number of likely N-dealkylation sites (tertiary alicyclic amines) is 1. The molecule has 2 aliphatic rings. The summed E-state index contributed by atoms with van der Waals surface area (Å²) in [4.78, 5) is 2.52. The molecule has 138 valence electrons. The van der Waals surface area contributed by atoms with Gasteiger partial charge in [0.15, 0.2) is 0 Å². The van der Waals surface area contributed by atoms with Crippen LogP contribution >= 0.6 is 0 Å². The summed E-state index contributed by atoms with van der Waals surface area (Å²) in [5, 5.41) is 11.9. The first-order valence-corrected chi connectivity index (χ1v) is 9.72. The van der Waals surface area contributed by atoms with E-state index in [1.807, 2.05) is 24.3 Å². The molecule has 1 saturated carbocycles. The Morgan fingerprint density at radius 3 is 2.58 bits per heavy atom. The molecule has 0 radical (unpaired) electrons. The molecule has 0 spiro atoms. The van der Waals surface area contributed by atoms with Crippen LogP contribution < -0.4 is 4.74 Å². The summed E-state index contributed by atoms with van der Waals surface area (Å²) in [6.07, 6.45) is 2.02. The van der Waals surface area contributed by atoms with Crippen LogP contribution in [0.25, 0.3) is 0 Å². The zero-order valence-corrected chi connectivity index (χ0v) is 15.8. The molecule has 0 amide bonds. The van der Waals surface area contributed by atoms with Crippen LogP contribution in [-0.2, 0) is 12.1 Å². The van der Waals surface area contributed by atoms with Crippen molar-refractivity contribution in [3.05, 3.63) is 65.7 Å². The number of hydrogen-bond donors (Lipinski definition) is 1. The first-order valence-electron chi connectivity index (χ1n) is 9.72. The van der Waals surface area contributed by atoms with E-state index in [1.165, 1.54) is 12.0 Å². The summed E-state index contributed by atoms with van der Waals surface area (Å²) in [6.45, 7) is 5.25. The van der Waals surface area contributed by atoms with Crippen LogP contribution in [0.15, 0.2) is 54.6 Å². The van der Waals surface area contributed by atoms with Gasteiger partial charge in [0.25, 0.3) is 0 Å². The van der Waals surface area contributed by atoms with Gasteiger partial charge in [-0.3, -0.25) is 4.90 Å². The molecule has 0 unspecified atom stereocenters. The number of aliphatic hydroxyl groups is 1. The largest absolute Gasteiger partial charge is 0.496 e. The number of fused-ring (bicyclic) bond motifs is 1. The predicted octanol–water partition coefficient (Wildman–Crippen LogP) is 4.06. The van der Waals surface area contributed by atoms with Gasteiger partial charge in [0.1, 0.15) is 5.75 Å². The van der Waals surface area contributed by atoms with Gasteiger partial charge in [0.2, 0.25) is 0 Å². The fourth-order valence-corrected chi connectivity index (χ4v) is 5.31. The zero-order valence-electron chi connectivity index (χ0n) is 15.8. The second kappa shape index (κ2) is 7.05. The lowest BCUT2D eigenvalue weighted by Crippen LogP contribution is -2.45. The van der Waals surface area contributed by atoms with E-state index in [2.05, 4.69) is 42.2 Å². The van der Waals surface area contributed by atoms with E-state index in [0.29, 0.717) is 11.8 Å². The molecule has 26 heavy (non-hydrogen) atoms. The molecule has 1 aliphatic heterocycles. The summed E-state index contributed by atoms with van der Waals surface area (Å²) in [7, 11) is 1.70. The Morgan fingerprint density at radius 1 is 1.08 bits per heavy atom. The predicted molar refractivity (Wildman–Crippen MR) is 104 cm³/mol. The Bertz CT molecular complexity index is 747. The summed E-state index contributed by atoms with van der Waals surface area (Å²) >= 11 is 0. The minimum absolute atomic E-state index is 0.263. The molecule has 2 fully saturated rings. The highest BCUT2D eigenvalue weighted by Gasteiger charge is 2.52. The molecule has 1 heterocycles. The third-order valence-electron chi connectivity index (χ3n) is 6.32. The Kier molecular flexibility index (Phi) is 4.76. The standard InChI is InChI=1S/C23H29NO2/c1-17-12-19-15-24(14-18-8-4-3-5-9-18)16-21(19)23(25,13-17)20-10-6-7-11-22(20)26-2/h3-11,17,19,21,25H,12-16H2,1-2H3/t17-,19+,21-,23-/m1/s1. The van der Waals surface area contributed by atoms with Gasteiger partial charge in [-0.15, -0.1) is 0 Å². The van der Waals surface area contributed by atoms with Crippen molar-refractivity contribution in [3.8, 4) is 5.75 Å². The molecule has 0 bridgehead atoms. The number of nitrogens with zero attached hydrogens (tertiary/aromatic N) is 1. The van der Waals surface area contributed by atoms with E-state index in [9.17, 15) is 5.11 Å². The summed E-state index contributed by atoms with van der Waals surface area (Å²) in [5.41, 5.74) is 1.51. The number of ether oxygens (including phenoxy) is 1. The smallest absolute Gasteiger partial charge is 0.124 e. The van der Waals surface area contributed by atoms with Gasteiger partial charge in [-0.2, -0.15) is 0 Å². The fourth-order valence-electron chi connectivity index (χ4n) is 5.31. The average molecular weight is 351 g/mol. The number of hydrogen-bond acceptors (Lipinski definition) is 3. The molecule has 3 heteroatoms. The monoisotopic (exact) mass is 351 g/mol. The van der Waals surface area contributed by atoms with Crippen molar-refractivity contribution in [2.45, 2.75) is 31.9 Å². The second-order valence-corrected chi connectivity index (χ2v) is 8.22. The van der Waals surface area contributed by atoms with Crippen LogP contribution in [0.3, 0.4) is 0 Å². The van der Waals surface area contributed by atoms with Crippen LogP contribution in [0.5, 0.6) is 5.75 Å². The summed E-state index contributed by atoms with van der Waals surface area (Å²) in [5.74, 6) is 2.13. The number of methoxy groups -OCH3 is 1. The quantitative estimate of drug-likeness (QED) is 0.902. The fraction of sp³-hybridized carbons (Fsp3) is 0.478. The van der Waals surface area contributed by atoms with Gasteiger partial charge in [0, 0.05) is 31.1 Å². The van der Waals surface area contributed by atoms with Crippen molar-refractivity contribution >= 4 is 0 Å². The molecule has 4 atom stereocenters. The Labute approximate surface area is 156 Å². The minimum Gasteiger partial charge on any atom is -0.496 e. The van der Waals surface area contributed by atoms with Crippen molar-refractivity contribution in [3.63, 3.8) is 0 Å². The second-order valence-electron chi connectivity index (χ2n) is 8.22. The molecule has 3 nitrogen and oxygen atoms in total. The number of rotatable bonds is 4. The maximum absolute atomic E-state index is 11.9. The van der Waals surface area contributed by atoms with Gasteiger partial charge in [0.05, 0.1) is 12.7 Å². The molecule has 2 aromatic rings. The Morgan fingerprint density at radius 2 is 1.81 bits per heavy atom. The molecule has 1 saturated heterocycles. The van der Waals surface area contributed by atoms with Gasteiger partial charge in [-0.05, 0) is 36.3 Å². The van der Waals surface area contributed by atoms with E-state index in [0.717, 1.165) is 37.4 Å². The van der Waals surface area contributed by atoms with E-state index < -0.39 is 5.60 Å². The van der Waals surface area contributed by atoms with Crippen LogP contribution in [0.2, 0.25) is 0 Å².